The Morgan fingerprint density at radius 1 is 1.12 bits per heavy atom. The molecular weight excluding hydrogens is 226 g/mol. The van der Waals surface area contributed by atoms with Crippen molar-refractivity contribution in [3.63, 3.8) is 0 Å². The maximum atomic E-state index is 11.6. The lowest BCUT2D eigenvalue weighted by Gasteiger charge is -2.02. The van der Waals surface area contributed by atoms with Crippen LogP contribution in [0.3, 0.4) is 0 Å². The summed E-state index contributed by atoms with van der Waals surface area (Å²) in [5.41, 5.74) is 0.193. The maximum Gasteiger partial charge on any atom is 0.340 e. The van der Waals surface area contributed by atoms with Crippen molar-refractivity contribution in [3.05, 3.63) is 23.5 Å². The average molecular weight is 241 g/mol. The number of rotatable bonds is 5. The van der Waals surface area contributed by atoms with E-state index in [-0.39, 0.29) is 31.1 Å². The molecule has 0 aliphatic rings. The Bertz CT molecular complexity index is 374. The zero-order valence-corrected chi connectivity index (χ0v) is 9.80. The Balaban J connectivity index is 3.05. The largest absolute Gasteiger partial charge is 0.462 e. The van der Waals surface area contributed by atoms with Gasteiger partial charge in [-0.3, -0.25) is 0 Å². The van der Waals surface area contributed by atoms with E-state index in [0.717, 1.165) is 0 Å². The highest BCUT2D eigenvalue weighted by Crippen LogP contribution is 2.14. The molecule has 0 saturated carbocycles. The minimum atomic E-state index is -0.609. The van der Waals surface area contributed by atoms with Gasteiger partial charge in [0.25, 0.3) is 0 Å². The second kappa shape index (κ2) is 6.05. The van der Waals surface area contributed by atoms with Crippen molar-refractivity contribution in [2.75, 3.05) is 13.2 Å². The number of nitrogens with zero attached hydrogens (tertiary/aromatic N) is 1. The van der Waals surface area contributed by atoms with Gasteiger partial charge >= 0.3 is 11.9 Å². The number of carbonyl (C=O) groups is 2. The third kappa shape index (κ3) is 3.07. The molecule has 0 aliphatic heterocycles. The second-order valence-electron chi connectivity index (χ2n) is 3.18. The van der Waals surface area contributed by atoms with Gasteiger partial charge in [0, 0.05) is 12.4 Å². The molecule has 0 amide bonds. The van der Waals surface area contributed by atoms with Gasteiger partial charge in [0.15, 0.2) is 0 Å². The lowest BCUT2D eigenvalue weighted by Crippen LogP contribution is -2.11. The van der Waals surface area contributed by atoms with Gasteiger partial charge < -0.3 is 19.1 Å². The van der Waals surface area contributed by atoms with Gasteiger partial charge in [0.05, 0.1) is 24.3 Å². The first-order valence-corrected chi connectivity index (χ1v) is 5.28. The molecule has 6 heteroatoms. The quantitative estimate of drug-likeness (QED) is 0.771. The maximum absolute atomic E-state index is 11.6. The molecule has 1 N–H and O–H groups in total. The number of hydrogen-bond donors (Lipinski definition) is 1. The molecule has 0 unspecified atom stereocenters. The van der Waals surface area contributed by atoms with Gasteiger partial charge in [-0.1, -0.05) is 0 Å². The van der Waals surface area contributed by atoms with Crippen LogP contribution in [0.5, 0.6) is 0 Å². The van der Waals surface area contributed by atoms with E-state index in [4.69, 9.17) is 14.6 Å². The summed E-state index contributed by atoms with van der Waals surface area (Å²) in [7, 11) is 0. The number of ether oxygens (including phenoxy) is 2. The fraction of sp³-hybridized carbons (Fsp3) is 0.455. The smallest absolute Gasteiger partial charge is 0.340 e. The van der Waals surface area contributed by atoms with Crippen LogP contribution in [-0.4, -0.2) is 34.8 Å². The number of aliphatic hydroxyl groups is 1. The van der Waals surface area contributed by atoms with Crippen molar-refractivity contribution < 1.29 is 24.2 Å². The van der Waals surface area contributed by atoms with Crippen LogP contribution in [0.4, 0.5) is 0 Å². The molecule has 6 nitrogen and oxygen atoms in total. The zero-order valence-electron chi connectivity index (χ0n) is 9.80. The predicted molar refractivity (Wildman–Crippen MR) is 58.6 cm³/mol. The topological polar surface area (TPSA) is 77.8 Å². The monoisotopic (exact) mass is 241 g/mol. The van der Waals surface area contributed by atoms with Crippen LogP contribution in [0, 0.1) is 0 Å². The van der Waals surface area contributed by atoms with E-state index in [2.05, 4.69) is 0 Å². The molecule has 17 heavy (non-hydrogen) atoms. The SMILES string of the molecule is CCOC(=O)c1cn(CO)cc1C(=O)OCC. The van der Waals surface area contributed by atoms with Crippen molar-refractivity contribution in [1.82, 2.24) is 4.57 Å². The van der Waals surface area contributed by atoms with Crippen molar-refractivity contribution in [1.29, 1.82) is 0 Å². The van der Waals surface area contributed by atoms with Gasteiger partial charge in [0.2, 0.25) is 0 Å². The molecule has 1 aromatic heterocycles. The first-order chi connectivity index (χ1) is 8.13. The number of esters is 2. The Kier molecular flexibility index (Phi) is 4.71. The first kappa shape index (κ1) is 13.2. The lowest BCUT2D eigenvalue weighted by atomic mass is 10.2. The molecule has 0 spiro atoms. The third-order valence-corrected chi connectivity index (χ3v) is 2.03. The summed E-state index contributed by atoms with van der Waals surface area (Å²) in [6.07, 6.45) is 2.70. The molecule has 0 fully saturated rings. The summed E-state index contributed by atoms with van der Waals surface area (Å²) in [6.45, 7) is 3.44. The van der Waals surface area contributed by atoms with Crippen LogP contribution in [0.1, 0.15) is 34.6 Å². The van der Waals surface area contributed by atoms with Crippen molar-refractivity contribution in [2.24, 2.45) is 0 Å². The summed E-state index contributed by atoms with van der Waals surface area (Å²) >= 11 is 0. The number of aliphatic hydroxyl groups excluding tert-OH is 1. The van der Waals surface area contributed by atoms with E-state index in [1.807, 2.05) is 0 Å². The van der Waals surface area contributed by atoms with Crippen molar-refractivity contribution in [3.8, 4) is 0 Å². The van der Waals surface area contributed by atoms with E-state index in [1.165, 1.54) is 17.0 Å². The van der Waals surface area contributed by atoms with Gasteiger partial charge in [-0.2, -0.15) is 0 Å². The van der Waals surface area contributed by atoms with E-state index >= 15 is 0 Å². The fourth-order valence-electron chi connectivity index (χ4n) is 1.33. The highest BCUT2D eigenvalue weighted by Gasteiger charge is 2.21. The van der Waals surface area contributed by atoms with Crippen molar-refractivity contribution in [2.45, 2.75) is 20.6 Å². The highest BCUT2D eigenvalue weighted by molar-refractivity contribution is 6.03. The molecular formula is C11H15NO5. The molecule has 0 bridgehead atoms. The van der Waals surface area contributed by atoms with Crippen LogP contribution in [-0.2, 0) is 16.2 Å². The summed E-state index contributed by atoms with van der Waals surface area (Å²) < 4.78 is 10.9. The molecule has 0 radical (unpaired) electrons. The summed E-state index contributed by atoms with van der Waals surface area (Å²) in [6, 6.07) is 0. The van der Waals surface area contributed by atoms with Gasteiger partial charge in [0.1, 0.15) is 6.73 Å². The Morgan fingerprint density at radius 2 is 1.53 bits per heavy atom. The molecule has 94 valence electrons. The van der Waals surface area contributed by atoms with E-state index in [9.17, 15) is 9.59 Å². The minimum absolute atomic E-state index is 0.0966. The van der Waals surface area contributed by atoms with Gasteiger partial charge in [-0.25, -0.2) is 9.59 Å². The average Bonchev–Trinajstić information content (AvgIpc) is 2.73. The molecule has 1 rings (SSSR count). The summed E-state index contributed by atoms with van der Waals surface area (Å²) in [4.78, 5) is 23.2. The molecule has 0 atom stereocenters. The molecule has 0 saturated heterocycles. The fourth-order valence-corrected chi connectivity index (χ4v) is 1.33. The van der Waals surface area contributed by atoms with Crippen LogP contribution < -0.4 is 0 Å². The Labute approximate surface area is 98.7 Å². The van der Waals surface area contributed by atoms with E-state index < -0.39 is 11.9 Å². The predicted octanol–water partition coefficient (Wildman–Crippen LogP) is 0.791. The van der Waals surface area contributed by atoms with Crippen LogP contribution >= 0.6 is 0 Å². The molecule has 0 aromatic carbocycles. The summed E-state index contributed by atoms with van der Waals surface area (Å²) in [5.74, 6) is -1.22. The normalized spacial score (nSPS) is 10.1. The summed E-state index contributed by atoms with van der Waals surface area (Å²) in [5, 5.41) is 8.96. The Hall–Kier alpha value is -1.82. The van der Waals surface area contributed by atoms with Gasteiger partial charge in [-0.05, 0) is 13.8 Å². The van der Waals surface area contributed by atoms with Crippen molar-refractivity contribution >= 4 is 11.9 Å². The zero-order chi connectivity index (χ0) is 12.8. The standard InChI is InChI=1S/C11H15NO5/c1-3-16-10(14)8-5-12(7-13)6-9(8)11(15)17-4-2/h5-6,13H,3-4,7H2,1-2H3. The Morgan fingerprint density at radius 3 is 1.82 bits per heavy atom. The number of carbonyl (C=O) groups excluding carboxylic acids is 2. The van der Waals surface area contributed by atoms with E-state index in [0.29, 0.717) is 0 Å². The third-order valence-electron chi connectivity index (χ3n) is 2.03. The van der Waals surface area contributed by atoms with Crippen LogP contribution in [0.15, 0.2) is 12.4 Å². The van der Waals surface area contributed by atoms with Crippen LogP contribution in [0.25, 0.3) is 0 Å². The van der Waals surface area contributed by atoms with Crippen LogP contribution in [0.2, 0.25) is 0 Å². The first-order valence-electron chi connectivity index (χ1n) is 5.28. The number of hydrogen-bond acceptors (Lipinski definition) is 5. The minimum Gasteiger partial charge on any atom is -0.462 e. The van der Waals surface area contributed by atoms with E-state index in [1.54, 1.807) is 13.8 Å². The second-order valence-corrected chi connectivity index (χ2v) is 3.18. The van der Waals surface area contributed by atoms with Gasteiger partial charge in [-0.15, -0.1) is 0 Å². The highest BCUT2D eigenvalue weighted by atomic mass is 16.5. The molecule has 1 heterocycles. The number of aromatic nitrogens is 1. The lowest BCUT2D eigenvalue weighted by molar-refractivity contribution is 0.0480. The molecule has 0 aliphatic carbocycles. The molecule has 1 aromatic rings.